The van der Waals surface area contributed by atoms with Gasteiger partial charge in [-0.3, -0.25) is 4.79 Å². The first-order chi connectivity index (χ1) is 9.67. The highest BCUT2D eigenvalue weighted by atomic mass is 16.5. The van der Waals surface area contributed by atoms with Crippen LogP contribution in [0.15, 0.2) is 24.3 Å². The number of fused-ring (bicyclic) bond motifs is 1. The van der Waals surface area contributed by atoms with E-state index >= 15 is 0 Å². The molecule has 0 saturated carbocycles. The minimum atomic E-state index is 0.0710. The largest absolute Gasteiger partial charge is 0.491 e. The van der Waals surface area contributed by atoms with Crippen LogP contribution in [0.2, 0.25) is 0 Å². The molecule has 4 nitrogen and oxygen atoms in total. The summed E-state index contributed by atoms with van der Waals surface area (Å²) < 4.78 is 5.67. The number of carbonyl (C=O) groups excluding carboxylic acids is 1. The lowest BCUT2D eigenvalue weighted by Gasteiger charge is -2.29. The van der Waals surface area contributed by atoms with Gasteiger partial charge in [0.05, 0.1) is 12.1 Å². The van der Waals surface area contributed by atoms with Gasteiger partial charge in [-0.05, 0) is 25.1 Å². The molecule has 4 heteroatoms. The quantitative estimate of drug-likeness (QED) is 0.896. The molecule has 0 radical (unpaired) electrons. The molecule has 0 bridgehead atoms. The third-order valence-electron chi connectivity index (χ3n) is 4.14. The summed E-state index contributed by atoms with van der Waals surface area (Å²) in [7, 11) is 1.96. The average molecular weight is 276 g/mol. The number of amides is 1. The number of para-hydroxylation sites is 1. The molecule has 1 N–H and O–H groups in total. The van der Waals surface area contributed by atoms with Crippen molar-refractivity contribution in [1.29, 1.82) is 0 Å². The first-order valence-corrected chi connectivity index (χ1v) is 7.35. The van der Waals surface area contributed by atoms with Crippen molar-refractivity contribution in [3.8, 4) is 5.75 Å². The van der Waals surface area contributed by atoms with E-state index in [0.29, 0.717) is 36.4 Å². The van der Waals surface area contributed by atoms with E-state index in [9.17, 15) is 4.79 Å². The smallest absolute Gasteiger partial charge is 0.257 e. The topological polar surface area (TPSA) is 41.6 Å². The Bertz CT molecular complexity index is 462. The summed E-state index contributed by atoms with van der Waals surface area (Å²) in [6.45, 7) is 6.31. The van der Waals surface area contributed by atoms with Crippen LogP contribution in [0.25, 0.3) is 0 Å². The molecule has 20 heavy (non-hydrogen) atoms. The fourth-order valence-corrected chi connectivity index (χ4v) is 2.56. The number of carbonyl (C=O) groups is 1. The standard InChI is InChI=1S/C16H24N2O2/c1-4-12(2)14(17-3)11-18-9-10-20-15-8-6-5-7-13(15)16(18)19/h5-8,12,14,17H,4,9-11H2,1-3H3. The second-order valence-electron chi connectivity index (χ2n) is 5.38. The summed E-state index contributed by atoms with van der Waals surface area (Å²) in [6, 6.07) is 7.80. The summed E-state index contributed by atoms with van der Waals surface area (Å²) in [4.78, 5) is 14.5. The Morgan fingerprint density at radius 3 is 2.85 bits per heavy atom. The highest BCUT2D eigenvalue weighted by molar-refractivity contribution is 5.97. The van der Waals surface area contributed by atoms with Gasteiger partial charge in [-0.25, -0.2) is 0 Å². The molecule has 1 aromatic carbocycles. The van der Waals surface area contributed by atoms with E-state index < -0.39 is 0 Å². The Kier molecular flexibility index (Phi) is 5.01. The number of nitrogens with zero attached hydrogens (tertiary/aromatic N) is 1. The summed E-state index contributed by atoms with van der Waals surface area (Å²) in [5, 5.41) is 3.33. The van der Waals surface area contributed by atoms with Crippen LogP contribution in [0, 0.1) is 5.92 Å². The van der Waals surface area contributed by atoms with Crippen LogP contribution in [0.3, 0.4) is 0 Å². The highest BCUT2D eigenvalue weighted by Gasteiger charge is 2.26. The molecule has 0 saturated heterocycles. The van der Waals surface area contributed by atoms with E-state index in [2.05, 4.69) is 19.2 Å². The van der Waals surface area contributed by atoms with Crippen LogP contribution < -0.4 is 10.1 Å². The number of nitrogens with one attached hydrogen (secondary N) is 1. The van der Waals surface area contributed by atoms with Gasteiger partial charge in [-0.15, -0.1) is 0 Å². The number of hydrogen-bond donors (Lipinski definition) is 1. The lowest BCUT2D eigenvalue weighted by atomic mass is 9.98. The summed E-state index contributed by atoms with van der Waals surface area (Å²) >= 11 is 0. The highest BCUT2D eigenvalue weighted by Crippen LogP contribution is 2.23. The molecule has 0 aromatic heterocycles. The van der Waals surface area contributed by atoms with Gasteiger partial charge >= 0.3 is 0 Å². The normalized spacial score (nSPS) is 17.9. The van der Waals surface area contributed by atoms with Crippen LogP contribution in [0.4, 0.5) is 0 Å². The second-order valence-corrected chi connectivity index (χ2v) is 5.38. The molecule has 1 heterocycles. The summed E-state index contributed by atoms with van der Waals surface area (Å²) in [5.74, 6) is 1.30. The van der Waals surface area contributed by atoms with Gasteiger partial charge in [0.25, 0.3) is 5.91 Å². The van der Waals surface area contributed by atoms with E-state index in [1.807, 2.05) is 36.2 Å². The van der Waals surface area contributed by atoms with Gasteiger partial charge in [0, 0.05) is 12.6 Å². The molecule has 1 amide bonds. The Balaban J connectivity index is 2.15. The maximum absolute atomic E-state index is 12.6. The number of benzene rings is 1. The zero-order valence-electron chi connectivity index (χ0n) is 12.6. The molecule has 2 unspecified atom stereocenters. The number of rotatable bonds is 5. The molecule has 0 fully saturated rings. The number of likely N-dealkylation sites (N-methyl/N-ethyl adjacent to an activating group) is 1. The van der Waals surface area contributed by atoms with Crippen LogP contribution >= 0.6 is 0 Å². The van der Waals surface area contributed by atoms with Crippen molar-refractivity contribution in [1.82, 2.24) is 10.2 Å². The van der Waals surface area contributed by atoms with Crippen LogP contribution in [0.1, 0.15) is 30.6 Å². The van der Waals surface area contributed by atoms with Crippen molar-refractivity contribution in [2.45, 2.75) is 26.3 Å². The lowest BCUT2D eigenvalue weighted by Crippen LogP contribution is -2.46. The Labute approximate surface area is 121 Å². The fraction of sp³-hybridized carbons (Fsp3) is 0.562. The lowest BCUT2D eigenvalue weighted by molar-refractivity contribution is 0.0726. The summed E-state index contributed by atoms with van der Waals surface area (Å²) in [6.07, 6.45) is 1.10. The monoisotopic (exact) mass is 276 g/mol. The van der Waals surface area contributed by atoms with Gasteiger partial charge in [0.15, 0.2) is 0 Å². The third kappa shape index (κ3) is 3.12. The molecule has 110 valence electrons. The first-order valence-electron chi connectivity index (χ1n) is 7.35. The zero-order chi connectivity index (χ0) is 14.5. The van der Waals surface area contributed by atoms with Gasteiger partial charge < -0.3 is 15.0 Å². The maximum Gasteiger partial charge on any atom is 0.257 e. The van der Waals surface area contributed by atoms with Gasteiger partial charge in [-0.1, -0.05) is 32.4 Å². The molecular weight excluding hydrogens is 252 g/mol. The van der Waals surface area contributed by atoms with Crippen molar-refractivity contribution in [3.05, 3.63) is 29.8 Å². The molecule has 1 aliphatic heterocycles. The molecule has 1 aliphatic rings. The Morgan fingerprint density at radius 1 is 1.40 bits per heavy atom. The predicted molar refractivity (Wildman–Crippen MR) is 80.1 cm³/mol. The van der Waals surface area contributed by atoms with Crippen molar-refractivity contribution in [2.24, 2.45) is 5.92 Å². The van der Waals surface area contributed by atoms with E-state index in [0.717, 1.165) is 13.0 Å². The van der Waals surface area contributed by atoms with Crippen molar-refractivity contribution in [3.63, 3.8) is 0 Å². The van der Waals surface area contributed by atoms with Crippen LogP contribution in [-0.2, 0) is 0 Å². The molecular formula is C16H24N2O2. The molecule has 1 aromatic rings. The van der Waals surface area contributed by atoms with Gasteiger partial charge in [0.2, 0.25) is 0 Å². The predicted octanol–water partition coefficient (Wildman–Crippen LogP) is 2.16. The SMILES string of the molecule is CCC(C)C(CN1CCOc2ccccc2C1=O)NC. The minimum absolute atomic E-state index is 0.0710. The minimum Gasteiger partial charge on any atom is -0.491 e. The van der Waals surface area contributed by atoms with E-state index in [4.69, 9.17) is 4.74 Å². The van der Waals surface area contributed by atoms with Crippen molar-refractivity contribution >= 4 is 5.91 Å². The molecule has 0 spiro atoms. The van der Waals surface area contributed by atoms with Crippen molar-refractivity contribution < 1.29 is 9.53 Å². The Hall–Kier alpha value is -1.55. The first kappa shape index (κ1) is 14.9. The van der Waals surface area contributed by atoms with E-state index in [1.165, 1.54) is 0 Å². The van der Waals surface area contributed by atoms with E-state index in [-0.39, 0.29) is 5.91 Å². The summed E-state index contributed by atoms with van der Waals surface area (Å²) in [5.41, 5.74) is 0.670. The Morgan fingerprint density at radius 2 is 2.15 bits per heavy atom. The zero-order valence-corrected chi connectivity index (χ0v) is 12.6. The second kappa shape index (κ2) is 6.75. The number of ether oxygens (including phenoxy) is 1. The molecule has 2 rings (SSSR count). The van der Waals surface area contributed by atoms with Gasteiger partial charge in [0.1, 0.15) is 12.4 Å². The molecule has 2 atom stereocenters. The van der Waals surface area contributed by atoms with Crippen LogP contribution in [0.5, 0.6) is 5.75 Å². The molecule has 0 aliphatic carbocycles. The van der Waals surface area contributed by atoms with Gasteiger partial charge in [-0.2, -0.15) is 0 Å². The maximum atomic E-state index is 12.6. The third-order valence-corrected chi connectivity index (χ3v) is 4.14. The number of hydrogen-bond acceptors (Lipinski definition) is 3. The average Bonchev–Trinajstić information content (AvgIpc) is 2.64. The fourth-order valence-electron chi connectivity index (χ4n) is 2.56. The van der Waals surface area contributed by atoms with E-state index in [1.54, 1.807) is 0 Å². The van der Waals surface area contributed by atoms with Crippen LogP contribution in [-0.4, -0.2) is 43.6 Å². The van der Waals surface area contributed by atoms with Crippen molar-refractivity contribution in [2.75, 3.05) is 26.7 Å².